The predicted octanol–water partition coefficient (Wildman–Crippen LogP) is 7.60. The van der Waals surface area contributed by atoms with Crippen molar-refractivity contribution in [3.8, 4) is 16.8 Å². The second kappa shape index (κ2) is 6.35. The Labute approximate surface area is 169 Å². The first-order valence-corrected chi connectivity index (χ1v) is 9.97. The molecule has 0 aliphatic rings. The highest BCUT2D eigenvalue weighted by Crippen LogP contribution is 2.36. The van der Waals surface area contributed by atoms with Gasteiger partial charge in [-0.25, -0.2) is 0 Å². The molecule has 0 fully saturated rings. The van der Waals surface area contributed by atoms with E-state index in [9.17, 15) is 0 Å². The van der Waals surface area contributed by atoms with Crippen LogP contribution in [-0.2, 0) is 0 Å². The van der Waals surface area contributed by atoms with E-state index >= 15 is 0 Å². The fourth-order valence-electron chi connectivity index (χ4n) is 4.43. The maximum Gasteiger partial charge on any atom is 0.0619 e. The monoisotopic (exact) mass is 369 g/mol. The Balaban J connectivity index is 1.67. The largest absolute Gasteiger partial charge is 0.309 e. The van der Waals surface area contributed by atoms with Crippen molar-refractivity contribution < 1.29 is 0 Å². The molecule has 0 N–H and O–H groups in total. The molecule has 29 heavy (non-hydrogen) atoms. The topological polar surface area (TPSA) is 4.93 Å². The predicted molar refractivity (Wildman–Crippen MR) is 124 cm³/mol. The van der Waals surface area contributed by atoms with Crippen LogP contribution in [0.5, 0.6) is 0 Å². The smallest absolute Gasteiger partial charge is 0.0619 e. The molecular formula is C28H19N. The second-order valence-corrected chi connectivity index (χ2v) is 7.45. The van der Waals surface area contributed by atoms with Crippen LogP contribution in [0.1, 0.15) is 0 Å². The van der Waals surface area contributed by atoms with Crippen LogP contribution in [0.2, 0.25) is 0 Å². The summed E-state index contributed by atoms with van der Waals surface area (Å²) in [4.78, 5) is 0. The summed E-state index contributed by atoms with van der Waals surface area (Å²) in [6.45, 7) is 0. The lowest BCUT2D eigenvalue weighted by molar-refractivity contribution is 1.19. The molecule has 1 nitrogen and oxygen atoms in total. The molecule has 0 spiro atoms. The number of fused-ring (bicyclic) bond motifs is 5. The molecule has 1 aromatic heterocycles. The number of para-hydroxylation sites is 1. The Morgan fingerprint density at radius 2 is 1.07 bits per heavy atom. The third-order valence-electron chi connectivity index (χ3n) is 5.79. The van der Waals surface area contributed by atoms with Gasteiger partial charge in [-0.2, -0.15) is 0 Å². The molecule has 6 aromatic rings. The molecule has 0 bridgehead atoms. The molecule has 136 valence electrons. The summed E-state index contributed by atoms with van der Waals surface area (Å²) < 4.78 is 2.40. The van der Waals surface area contributed by atoms with Crippen molar-refractivity contribution in [2.24, 2.45) is 0 Å². The Hall–Kier alpha value is -3.84. The molecule has 0 atom stereocenters. The van der Waals surface area contributed by atoms with Gasteiger partial charge in [-0.3, -0.25) is 0 Å². The van der Waals surface area contributed by atoms with E-state index < -0.39 is 0 Å². The Morgan fingerprint density at radius 3 is 1.90 bits per heavy atom. The van der Waals surface area contributed by atoms with Crippen LogP contribution in [0, 0.1) is 0 Å². The van der Waals surface area contributed by atoms with Crippen LogP contribution in [-0.4, -0.2) is 4.57 Å². The zero-order valence-electron chi connectivity index (χ0n) is 15.9. The quantitative estimate of drug-likeness (QED) is 0.296. The average molecular weight is 369 g/mol. The van der Waals surface area contributed by atoms with Crippen molar-refractivity contribution in [3.05, 3.63) is 115 Å². The van der Waals surface area contributed by atoms with E-state index in [-0.39, 0.29) is 0 Å². The highest BCUT2D eigenvalue weighted by Gasteiger charge is 2.14. The molecule has 5 aromatic carbocycles. The molecular weight excluding hydrogens is 350 g/mol. The Bertz CT molecular complexity index is 1470. The van der Waals surface area contributed by atoms with E-state index in [1.807, 2.05) is 0 Å². The second-order valence-electron chi connectivity index (χ2n) is 7.45. The highest BCUT2D eigenvalue weighted by molar-refractivity contribution is 6.18. The van der Waals surface area contributed by atoms with Gasteiger partial charge in [0.15, 0.2) is 0 Å². The van der Waals surface area contributed by atoms with Gasteiger partial charge in [0, 0.05) is 21.8 Å². The van der Waals surface area contributed by atoms with Crippen LogP contribution >= 0.6 is 0 Å². The molecule has 0 aliphatic carbocycles. The van der Waals surface area contributed by atoms with E-state index in [4.69, 9.17) is 0 Å². The summed E-state index contributed by atoms with van der Waals surface area (Å²) in [5.74, 6) is 0. The molecule has 0 unspecified atom stereocenters. The summed E-state index contributed by atoms with van der Waals surface area (Å²) in [5, 5.41) is 5.14. The lowest BCUT2D eigenvalue weighted by atomic mass is 10.0. The molecule has 0 radical (unpaired) electrons. The minimum atomic E-state index is 1.19. The van der Waals surface area contributed by atoms with Gasteiger partial charge < -0.3 is 4.57 Å². The van der Waals surface area contributed by atoms with Crippen LogP contribution in [0.15, 0.2) is 115 Å². The number of hydrogen-bond donors (Lipinski definition) is 0. The lowest BCUT2D eigenvalue weighted by Gasteiger charge is -2.11. The van der Waals surface area contributed by atoms with E-state index in [2.05, 4.69) is 120 Å². The molecule has 0 amide bonds. The first-order chi connectivity index (χ1) is 14.4. The maximum absolute atomic E-state index is 2.40. The van der Waals surface area contributed by atoms with Gasteiger partial charge in [0.1, 0.15) is 0 Å². The highest BCUT2D eigenvalue weighted by atomic mass is 15.0. The summed E-state index contributed by atoms with van der Waals surface area (Å²) in [6.07, 6.45) is 0. The normalized spacial score (nSPS) is 11.4. The fourth-order valence-corrected chi connectivity index (χ4v) is 4.43. The number of hydrogen-bond acceptors (Lipinski definition) is 0. The average Bonchev–Trinajstić information content (AvgIpc) is 3.15. The van der Waals surface area contributed by atoms with Crippen molar-refractivity contribution in [1.29, 1.82) is 0 Å². The number of rotatable bonds is 2. The zero-order chi connectivity index (χ0) is 19.2. The van der Waals surface area contributed by atoms with Crippen molar-refractivity contribution in [2.45, 2.75) is 0 Å². The first-order valence-electron chi connectivity index (χ1n) is 9.97. The van der Waals surface area contributed by atoms with Gasteiger partial charge in [-0.1, -0.05) is 97.1 Å². The third-order valence-corrected chi connectivity index (χ3v) is 5.79. The third kappa shape index (κ3) is 2.48. The van der Waals surface area contributed by atoms with Crippen LogP contribution in [0.3, 0.4) is 0 Å². The number of benzene rings is 5. The molecule has 1 heterocycles. The van der Waals surface area contributed by atoms with E-state index in [1.165, 1.54) is 49.4 Å². The van der Waals surface area contributed by atoms with E-state index in [0.29, 0.717) is 0 Å². The van der Waals surface area contributed by atoms with E-state index in [0.717, 1.165) is 0 Å². The molecule has 0 saturated carbocycles. The Morgan fingerprint density at radius 1 is 0.414 bits per heavy atom. The minimum absolute atomic E-state index is 1.19. The van der Waals surface area contributed by atoms with Gasteiger partial charge >= 0.3 is 0 Å². The maximum atomic E-state index is 2.40. The fraction of sp³-hybridized carbons (Fsp3) is 0. The molecule has 0 aliphatic heterocycles. The summed E-state index contributed by atoms with van der Waals surface area (Å²) in [6, 6.07) is 41.3. The van der Waals surface area contributed by atoms with Crippen LogP contribution in [0.4, 0.5) is 0 Å². The minimum Gasteiger partial charge on any atom is -0.309 e. The first kappa shape index (κ1) is 16.1. The van der Waals surface area contributed by atoms with Gasteiger partial charge in [0.2, 0.25) is 0 Å². The van der Waals surface area contributed by atoms with Crippen molar-refractivity contribution in [2.75, 3.05) is 0 Å². The van der Waals surface area contributed by atoms with Crippen molar-refractivity contribution in [3.63, 3.8) is 0 Å². The molecule has 6 rings (SSSR count). The summed E-state index contributed by atoms with van der Waals surface area (Å²) in [7, 11) is 0. The lowest BCUT2D eigenvalue weighted by Crippen LogP contribution is -1.94. The summed E-state index contributed by atoms with van der Waals surface area (Å²) >= 11 is 0. The summed E-state index contributed by atoms with van der Waals surface area (Å²) in [5.41, 5.74) is 6.18. The number of nitrogens with zero attached hydrogens (tertiary/aromatic N) is 1. The molecule has 0 saturated heterocycles. The van der Waals surface area contributed by atoms with E-state index in [1.54, 1.807) is 0 Å². The van der Waals surface area contributed by atoms with Gasteiger partial charge in [-0.05, 0) is 34.7 Å². The van der Waals surface area contributed by atoms with Gasteiger partial charge in [0.05, 0.1) is 11.0 Å². The van der Waals surface area contributed by atoms with Crippen LogP contribution in [0.25, 0.3) is 49.4 Å². The number of aromatic nitrogens is 1. The van der Waals surface area contributed by atoms with Crippen LogP contribution < -0.4 is 0 Å². The van der Waals surface area contributed by atoms with Gasteiger partial charge in [0.25, 0.3) is 0 Å². The van der Waals surface area contributed by atoms with Crippen molar-refractivity contribution >= 4 is 32.6 Å². The Kier molecular flexibility index (Phi) is 3.54. The van der Waals surface area contributed by atoms with Crippen molar-refractivity contribution in [1.82, 2.24) is 4.57 Å². The SMILES string of the molecule is c1ccc(-c2ccc(-n3c4ccccc4c4ccc5ccccc5c43)cc2)cc1. The molecule has 1 heteroatoms. The zero-order valence-corrected chi connectivity index (χ0v) is 15.9. The standard InChI is InChI=1S/C28H19N/c1-2-8-20(9-3-1)21-14-17-23(18-15-21)29-27-13-7-6-12-25(27)26-19-16-22-10-4-5-11-24(22)28(26)29/h1-19H. The van der Waals surface area contributed by atoms with Gasteiger partial charge in [-0.15, -0.1) is 0 Å².